The van der Waals surface area contributed by atoms with Crippen LogP contribution in [0.4, 0.5) is 8.78 Å². The average Bonchev–Trinajstić information content (AvgIpc) is 2.48. The molecule has 0 spiro atoms. The number of halogens is 2. The lowest BCUT2D eigenvalue weighted by Crippen LogP contribution is -2.07. The van der Waals surface area contributed by atoms with Crippen molar-refractivity contribution in [3.8, 4) is 0 Å². The molecule has 0 atom stereocenters. The van der Waals surface area contributed by atoms with Gasteiger partial charge in [-0.3, -0.25) is 9.78 Å². The van der Waals surface area contributed by atoms with Crippen molar-refractivity contribution in [2.75, 3.05) is 0 Å². The molecule has 2 aromatic carbocycles. The van der Waals surface area contributed by atoms with E-state index in [1.165, 1.54) is 12.1 Å². The quantitative estimate of drug-likeness (QED) is 0.664. The average molecular weight is 283 g/mol. The molecule has 3 rings (SSSR count). The second-order valence-corrected chi connectivity index (χ2v) is 4.76. The highest BCUT2D eigenvalue weighted by Crippen LogP contribution is 2.23. The molecule has 0 radical (unpaired) electrons. The third-order valence-electron chi connectivity index (χ3n) is 3.29. The summed E-state index contributed by atoms with van der Waals surface area (Å²) in [5.41, 5.74) is 1.35. The number of aromatic nitrogens is 1. The molecule has 0 saturated heterocycles. The van der Waals surface area contributed by atoms with Crippen LogP contribution >= 0.6 is 0 Å². The molecule has 0 aliphatic rings. The van der Waals surface area contributed by atoms with Gasteiger partial charge in [0.1, 0.15) is 0 Å². The number of hydrogen-bond acceptors (Lipinski definition) is 2. The molecule has 0 aliphatic heterocycles. The predicted octanol–water partition coefficient (Wildman–Crippen LogP) is 4.05. The van der Waals surface area contributed by atoms with Crippen molar-refractivity contribution in [1.29, 1.82) is 0 Å². The Morgan fingerprint density at radius 1 is 1.00 bits per heavy atom. The number of rotatable bonds is 2. The van der Waals surface area contributed by atoms with E-state index < -0.39 is 17.4 Å². The maximum absolute atomic E-state index is 13.8. The van der Waals surface area contributed by atoms with Crippen molar-refractivity contribution in [1.82, 2.24) is 4.98 Å². The molecule has 2 nitrogen and oxygen atoms in total. The molecule has 1 aromatic heterocycles. The van der Waals surface area contributed by atoms with Crippen LogP contribution in [0.5, 0.6) is 0 Å². The van der Waals surface area contributed by atoms with Gasteiger partial charge in [-0.2, -0.15) is 0 Å². The lowest BCUT2D eigenvalue weighted by atomic mass is 9.98. The van der Waals surface area contributed by atoms with Crippen molar-refractivity contribution in [3.05, 3.63) is 77.0 Å². The van der Waals surface area contributed by atoms with Gasteiger partial charge in [0.25, 0.3) is 0 Å². The Bertz CT molecular complexity index is 859. The normalized spacial score (nSPS) is 10.8. The first-order valence-corrected chi connectivity index (χ1v) is 6.43. The Labute approximate surface area is 120 Å². The second kappa shape index (κ2) is 5.05. The summed E-state index contributed by atoms with van der Waals surface area (Å²) in [4.78, 5) is 16.9. The first kappa shape index (κ1) is 13.4. The Morgan fingerprint density at radius 2 is 1.76 bits per heavy atom. The third-order valence-corrected chi connectivity index (χ3v) is 3.29. The Hall–Kier alpha value is -2.62. The maximum Gasteiger partial charge on any atom is 0.196 e. The van der Waals surface area contributed by atoms with E-state index >= 15 is 0 Å². The monoisotopic (exact) mass is 283 g/mol. The van der Waals surface area contributed by atoms with Gasteiger partial charge in [-0.25, -0.2) is 8.78 Å². The number of carbonyl (C=O) groups is 1. The van der Waals surface area contributed by atoms with E-state index in [0.717, 1.165) is 6.07 Å². The van der Waals surface area contributed by atoms with Crippen molar-refractivity contribution >= 4 is 16.7 Å². The number of benzene rings is 2. The minimum atomic E-state index is -1.12. The predicted molar refractivity (Wildman–Crippen MR) is 76.3 cm³/mol. The van der Waals surface area contributed by atoms with Crippen LogP contribution in [0, 0.1) is 18.6 Å². The zero-order chi connectivity index (χ0) is 15.0. The third kappa shape index (κ3) is 2.29. The Morgan fingerprint density at radius 3 is 2.57 bits per heavy atom. The van der Waals surface area contributed by atoms with E-state index in [1.807, 2.05) is 6.07 Å². The van der Waals surface area contributed by atoms with Gasteiger partial charge in [-0.05, 0) is 31.2 Å². The fourth-order valence-corrected chi connectivity index (χ4v) is 2.32. The van der Waals surface area contributed by atoms with Crippen LogP contribution in [0.25, 0.3) is 10.9 Å². The molecule has 0 N–H and O–H groups in total. The van der Waals surface area contributed by atoms with Gasteiger partial charge >= 0.3 is 0 Å². The molecule has 4 heteroatoms. The number of nitrogens with zero attached hydrogens (tertiary/aromatic N) is 1. The van der Waals surface area contributed by atoms with Crippen LogP contribution in [0.3, 0.4) is 0 Å². The summed E-state index contributed by atoms with van der Waals surface area (Å²) in [5, 5.41) is 0.622. The molecule has 0 bridgehead atoms. The van der Waals surface area contributed by atoms with Crippen molar-refractivity contribution < 1.29 is 13.6 Å². The minimum Gasteiger partial charge on any atom is -0.288 e. The number of hydrogen-bond donors (Lipinski definition) is 0. The Kier molecular flexibility index (Phi) is 3.22. The molecule has 0 fully saturated rings. The fraction of sp³-hybridized carbons (Fsp3) is 0.0588. The van der Waals surface area contributed by atoms with Gasteiger partial charge in [0.15, 0.2) is 17.4 Å². The molecular weight excluding hydrogens is 272 g/mol. The van der Waals surface area contributed by atoms with E-state index in [2.05, 4.69) is 4.98 Å². The molecule has 3 aromatic rings. The van der Waals surface area contributed by atoms with E-state index in [4.69, 9.17) is 0 Å². The number of aryl methyl sites for hydroxylation is 1. The number of carbonyl (C=O) groups excluding carboxylic acids is 1. The topological polar surface area (TPSA) is 30.0 Å². The zero-order valence-electron chi connectivity index (χ0n) is 11.2. The van der Waals surface area contributed by atoms with E-state index in [9.17, 15) is 13.6 Å². The van der Waals surface area contributed by atoms with Crippen LogP contribution in [-0.4, -0.2) is 10.8 Å². The highest BCUT2D eigenvalue weighted by Gasteiger charge is 2.19. The van der Waals surface area contributed by atoms with Crippen LogP contribution in [-0.2, 0) is 0 Å². The molecule has 0 aliphatic carbocycles. The van der Waals surface area contributed by atoms with Gasteiger partial charge in [-0.15, -0.1) is 0 Å². The number of para-hydroxylation sites is 1. The summed E-state index contributed by atoms with van der Waals surface area (Å²) in [6.07, 6.45) is 0. The van der Waals surface area contributed by atoms with E-state index in [-0.39, 0.29) is 5.56 Å². The summed E-state index contributed by atoms with van der Waals surface area (Å²) in [6.45, 7) is 1.76. The molecule has 104 valence electrons. The lowest BCUT2D eigenvalue weighted by molar-refractivity contribution is 0.103. The van der Waals surface area contributed by atoms with Gasteiger partial charge in [0.05, 0.1) is 11.1 Å². The summed E-state index contributed by atoms with van der Waals surface area (Å²) in [6, 6.07) is 12.3. The lowest BCUT2D eigenvalue weighted by Gasteiger charge is -2.08. The van der Waals surface area contributed by atoms with Crippen LogP contribution in [0.1, 0.15) is 21.6 Å². The van der Waals surface area contributed by atoms with Gasteiger partial charge in [-0.1, -0.05) is 24.3 Å². The molecule has 0 unspecified atom stereocenters. The molecule has 21 heavy (non-hydrogen) atoms. The smallest absolute Gasteiger partial charge is 0.196 e. The molecule has 0 amide bonds. The first-order chi connectivity index (χ1) is 10.1. The van der Waals surface area contributed by atoms with Crippen molar-refractivity contribution in [2.45, 2.75) is 6.92 Å². The minimum absolute atomic E-state index is 0.272. The molecular formula is C17H11F2NO. The van der Waals surface area contributed by atoms with E-state index in [1.54, 1.807) is 31.2 Å². The standard InChI is InChI=1S/C17H11F2NO/c1-10-9-13(11-5-2-3-8-15(11)20-10)17(21)12-6-4-7-14(18)16(12)19/h2-9H,1H3. The molecule has 0 saturated carbocycles. The maximum atomic E-state index is 13.8. The summed E-state index contributed by atoms with van der Waals surface area (Å²) >= 11 is 0. The summed E-state index contributed by atoms with van der Waals surface area (Å²) in [5.74, 6) is -2.70. The van der Waals surface area contributed by atoms with Crippen LogP contribution < -0.4 is 0 Å². The highest BCUT2D eigenvalue weighted by molar-refractivity contribution is 6.16. The highest BCUT2D eigenvalue weighted by atomic mass is 19.2. The fourth-order valence-electron chi connectivity index (χ4n) is 2.32. The van der Waals surface area contributed by atoms with Crippen LogP contribution in [0.2, 0.25) is 0 Å². The Balaban J connectivity index is 2.25. The van der Waals surface area contributed by atoms with Gasteiger partial charge in [0.2, 0.25) is 0 Å². The van der Waals surface area contributed by atoms with Crippen molar-refractivity contribution in [2.24, 2.45) is 0 Å². The summed E-state index contributed by atoms with van der Waals surface area (Å²) < 4.78 is 27.1. The largest absolute Gasteiger partial charge is 0.288 e. The van der Waals surface area contributed by atoms with Crippen LogP contribution in [0.15, 0.2) is 48.5 Å². The van der Waals surface area contributed by atoms with E-state index in [0.29, 0.717) is 22.2 Å². The molecule has 1 heterocycles. The van der Waals surface area contributed by atoms with Gasteiger partial charge < -0.3 is 0 Å². The number of fused-ring (bicyclic) bond motifs is 1. The first-order valence-electron chi connectivity index (χ1n) is 6.43. The van der Waals surface area contributed by atoms with Crippen molar-refractivity contribution in [3.63, 3.8) is 0 Å². The number of pyridine rings is 1. The summed E-state index contributed by atoms with van der Waals surface area (Å²) in [7, 11) is 0. The zero-order valence-corrected chi connectivity index (χ0v) is 11.2. The second-order valence-electron chi connectivity index (χ2n) is 4.76. The SMILES string of the molecule is Cc1cc(C(=O)c2cccc(F)c2F)c2ccccc2n1. The number of ketones is 1. The van der Waals surface area contributed by atoms with Gasteiger partial charge in [0, 0.05) is 16.6 Å².